The molecule has 132 valence electrons. The zero-order valence-corrected chi connectivity index (χ0v) is 15.6. The topological polar surface area (TPSA) is 94.3 Å². The third kappa shape index (κ3) is 5.67. The largest absolute Gasteiger partial charge is 0.461 e. The molecule has 0 aliphatic rings. The molecule has 0 bridgehead atoms. The van der Waals surface area contributed by atoms with E-state index >= 15 is 0 Å². The highest BCUT2D eigenvalue weighted by Gasteiger charge is 2.13. The average molecular weight is 392 g/mol. The summed E-state index contributed by atoms with van der Waals surface area (Å²) in [6.07, 6.45) is 0. The molecule has 0 saturated carbocycles. The summed E-state index contributed by atoms with van der Waals surface area (Å²) >= 11 is 1.30. The average Bonchev–Trinajstić information content (AvgIpc) is 2.96. The van der Waals surface area contributed by atoms with Crippen molar-refractivity contribution in [2.24, 2.45) is 0 Å². The number of nitrogens with one attached hydrogen (secondary N) is 1. The maximum absolute atomic E-state index is 12.2. The van der Waals surface area contributed by atoms with Gasteiger partial charge in [-0.3, -0.25) is 4.79 Å². The van der Waals surface area contributed by atoms with Gasteiger partial charge in [-0.15, -0.1) is 36.2 Å². The number of nitrogens with zero attached hydrogens (tertiary/aromatic N) is 1. The van der Waals surface area contributed by atoms with Gasteiger partial charge in [0.2, 0.25) is 0 Å². The second kappa shape index (κ2) is 10.1. The van der Waals surface area contributed by atoms with Crippen molar-refractivity contribution in [2.45, 2.75) is 20.4 Å². The number of nitrogens with two attached hydrogens (primary N) is 1. The number of amides is 1. The SMILES string of the molecule is CCOC(=O)c1csc(CNC(=O)c2cc(N)ccc2C)n1.Cl.Cl. The van der Waals surface area contributed by atoms with Crippen LogP contribution >= 0.6 is 36.2 Å². The van der Waals surface area contributed by atoms with Gasteiger partial charge in [-0.25, -0.2) is 9.78 Å². The maximum atomic E-state index is 12.2. The molecule has 1 heterocycles. The lowest BCUT2D eigenvalue weighted by atomic mass is 10.1. The molecule has 3 N–H and O–H groups in total. The van der Waals surface area contributed by atoms with E-state index < -0.39 is 5.97 Å². The van der Waals surface area contributed by atoms with Crippen molar-refractivity contribution in [1.82, 2.24) is 10.3 Å². The van der Waals surface area contributed by atoms with E-state index in [0.717, 1.165) is 5.56 Å². The first-order valence-corrected chi connectivity index (χ1v) is 7.65. The van der Waals surface area contributed by atoms with Crippen molar-refractivity contribution in [3.8, 4) is 0 Å². The molecule has 0 fully saturated rings. The van der Waals surface area contributed by atoms with Crippen molar-refractivity contribution in [2.75, 3.05) is 12.3 Å². The van der Waals surface area contributed by atoms with E-state index in [1.165, 1.54) is 11.3 Å². The highest BCUT2D eigenvalue weighted by molar-refractivity contribution is 7.09. The molecule has 9 heteroatoms. The number of aryl methyl sites for hydroxylation is 1. The molecule has 0 atom stereocenters. The number of thiazole rings is 1. The molecule has 6 nitrogen and oxygen atoms in total. The number of halogens is 2. The lowest BCUT2D eigenvalue weighted by Gasteiger charge is -2.07. The Labute approximate surface area is 156 Å². The molecule has 0 spiro atoms. The number of hydrogen-bond acceptors (Lipinski definition) is 6. The minimum atomic E-state index is -0.456. The Morgan fingerprint density at radius 3 is 2.71 bits per heavy atom. The van der Waals surface area contributed by atoms with Gasteiger partial charge in [0.25, 0.3) is 5.91 Å². The summed E-state index contributed by atoms with van der Waals surface area (Å²) in [5.41, 5.74) is 7.87. The van der Waals surface area contributed by atoms with Crippen LogP contribution in [-0.2, 0) is 11.3 Å². The van der Waals surface area contributed by atoms with Gasteiger partial charge >= 0.3 is 5.97 Å². The molecule has 2 rings (SSSR count). The minimum Gasteiger partial charge on any atom is -0.461 e. The highest BCUT2D eigenvalue weighted by Crippen LogP contribution is 2.14. The van der Waals surface area contributed by atoms with E-state index in [0.29, 0.717) is 22.9 Å². The van der Waals surface area contributed by atoms with Gasteiger partial charge in [0, 0.05) is 16.6 Å². The Balaban J connectivity index is 0.00000264. The zero-order chi connectivity index (χ0) is 16.1. The molecule has 0 saturated heterocycles. The quantitative estimate of drug-likeness (QED) is 0.603. The van der Waals surface area contributed by atoms with Crippen molar-refractivity contribution in [1.29, 1.82) is 0 Å². The van der Waals surface area contributed by atoms with Crippen molar-refractivity contribution in [3.05, 3.63) is 45.4 Å². The summed E-state index contributed by atoms with van der Waals surface area (Å²) in [7, 11) is 0. The smallest absolute Gasteiger partial charge is 0.357 e. The van der Waals surface area contributed by atoms with Crippen LogP contribution in [0.3, 0.4) is 0 Å². The fourth-order valence-corrected chi connectivity index (χ4v) is 2.53. The van der Waals surface area contributed by atoms with Gasteiger partial charge in [-0.1, -0.05) is 6.07 Å². The molecular weight excluding hydrogens is 373 g/mol. The predicted octanol–water partition coefficient (Wildman–Crippen LogP) is 2.98. The molecule has 1 aromatic carbocycles. The van der Waals surface area contributed by atoms with E-state index in [9.17, 15) is 9.59 Å². The fraction of sp³-hybridized carbons (Fsp3) is 0.267. The van der Waals surface area contributed by atoms with E-state index in [1.807, 2.05) is 6.92 Å². The summed E-state index contributed by atoms with van der Waals surface area (Å²) in [6, 6.07) is 5.18. The first kappa shape index (κ1) is 22.2. The number of ether oxygens (including phenoxy) is 1. The van der Waals surface area contributed by atoms with Crippen LogP contribution in [0, 0.1) is 6.92 Å². The Morgan fingerprint density at radius 2 is 2.04 bits per heavy atom. The molecule has 1 amide bonds. The van der Waals surface area contributed by atoms with E-state index in [1.54, 1.807) is 30.5 Å². The summed E-state index contributed by atoms with van der Waals surface area (Å²) in [5.74, 6) is -0.680. The van der Waals surface area contributed by atoms with E-state index in [4.69, 9.17) is 10.5 Å². The van der Waals surface area contributed by atoms with Crippen LogP contribution in [0.5, 0.6) is 0 Å². The van der Waals surface area contributed by atoms with Crippen LogP contribution in [0.2, 0.25) is 0 Å². The summed E-state index contributed by atoms with van der Waals surface area (Å²) in [4.78, 5) is 27.8. The summed E-state index contributed by atoms with van der Waals surface area (Å²) < 4.78 is 4.87. The zero-order valence-electron chi connectivity index (χ0n) is 13.2. The molecule has 0 aliphatic heterocycles. The molecule has 24 heavy (non-hydrogen) atoms. The van der Waals surface area contributed by atoms with Crippen LogP contribution in [0.15, 0.2) is 23.6 Å². The molecule has 2 aromatic rings. The van der Waals surface area contributed by atoms with Crippen molar-refractivity contribution in [3.63, 3.8) is 0 Å². The second-order valence-electron chi connectivity index (χ2n) is 4.60. The van der Waals surface area contributed by atoms with Crippen molar-refractivity contribution >= 4 is 53.7 Å². The Hall–Kier alpha value is -1.83. The molecule has 1 aromatic heterocycles. The van der Waals surface area contributed by atoms with E-state index in [2.05, 4.69) is 10.3 Å². The lowest BCUT2D eigenvalue weighted by Crippen LogP contribution is -2.23. The number of hydrogen-bond donors (Lipinski definition) is 2. The maximum Gasteiger partial charge on any atom is 0.357 e. The minimum absolute atomic E-state index is 0. The molecular formula is C15H19Cl2N3O3S. The Bertz CT molecular complexity index is 707. The van der Waals surface area contributed by atoms with Gasteiger partial charge in [0.1, 0.15) is 5.01 Å². The number of aromatic nitrogens is 1. The number of esters is 1. The summed E-state index contributed by atoms with van der Waals surface area (Å²) in [5, 5.41) is 5.02. The van der Waals surface area contributed by atoms with Crippen LogP contribution < -0.4 is 11.1 Å². The normalized spacial score (nSPS) is 9.42. The van der Waals surface area contributed by atoms with Gasteiger partial charge < -0.3 is 15.8 Å². The third-order valence-electron chi connectivity index (χ3n) is 2.94. The predicted molar refractivity (Wildman–Crippen MR) is 99.3 cm³/mol. The second-order valence-corrected chi connectivity index (χ2v) is 5.55. The number of anilines is 1. The van der Waals surface area contributed by atoms with Crippen LogP contribution in [0.4, 0.5) is 5.69 Å². The van der Waals surface area contributed by atoms with Crippen LogP contribution in [-0.4, -0.2) is 23.5 Å². The summed E-state index contributed by atoms with van der Waals surface area (Å²) in [6.45, 7) is 4.13. The van der Waals surface area contributed by atoms with Crippen LogP contribution in [0.1, 0.15) is 38.3 Å². The highest BCUT2D eigenvalue weighted by atomic mass is 35.5. The fourth-order valence-electron chi connectivity index (χ4n) is 1.83. The number of carbonyl (C=O) groups is 2. The third-order valence-corrected chi connectivity index (χ3v) is 3.79. The monoisotopic (exact) mass is 391 g/mol. The van der Waals surface area contributed by atoms with E-state index in [-0.39, 0.29) is 43.0 Å². The van der Waals surface area contributed by atoms with Gasteiger partial charge in [-0.2, -0.15) is 0 Å². The molecule has 0 aliphatic carbocycles. The number of carbonyl (C=O) groups excluding carboxylic acids is 2. The Kier molecular flexibility index (Phi) is 9.35. The van der Waals surface area contributed by atoms with Crippen LogP contribution in [0.25, 0.3) is 0 Å². The first-order valence-electron chi connectivity index (χ1n) is 6.77. The number of benzene rings is 1. The molecule has 0 unspecified atom stereocenters. The number of nitrogen functional groups attached to an aromatic ring is 1. The molecule has 0 radical (unpaired) electrons. The first-order chi connectivity index (χ1) is 10.5. The van der Waals surface area contributed by atoms with Gasteiger partial charge in [0.05, 0.1) is 13.2 Å². The Morgan fingerprint density at radius 1 is 1.33 bits per heavy atom. The van der Waals surface area contributed by atoms with Gasteiger partial charge in [0.15, 0.2) is 5.69 Å². The van der Waals surface area contributed by atoms with Gasteiger partial charge in [-0.05, 0) is 31.5 Å². The number of rotatable bonds is 5. The lowest BCUT2D eigenvalue weighted by molar-refractivity contribution is 0.0520. The van der Waals surface area contributed by atoms with Crippen molar-refractivity contribution < 1.29 is 14.3 Å². The standard InChI is InChI=1S/C15H17N3O3S.2ClH/c1-3-21-15(20)12-8-22-13(18-12)7-17-14(19)11-6-10(16)5-4-9(11)2;;/h4-6,8H,3,7,16H2,1-2H3,(H,17,19);2*1H.